The lowest BCUT2D eigenvalue weighted by atomic mass is 9.88. The van der Waals surface area contributed by atoms with Crippen LogP contribution in [0.15, 0.2) is 36.7 Å². The molecule has 0 fully saturated rings. The van der Waals surface area contributed by atoms with E-state index in [4.69, 9.17) is 10.9 Å². The lowest BCUT2D eigenvalue weighted by molar-refractivity contribution is -0.138. The molecule has 1 heterocycles. The topological polar surface area (TPSA) is 127 Å². The second kappa shape index (κ2) is 8.24. The Balaban J connectivity index is 2.13. The van der Waals surface area contributed by atoms with Crippen LogP contribution in [0.25, 0.3) is 11.1 Å². The van der Waals surface area contributed by atoms with Crippen molar-refractivity contribution in [2.24, 2.45) is 11.1 Å². The van der Waals surface area contributed by atoms with Crippen LogP contribution in [0.1, 0.15) is 18.9 Å². The zero-order chi connectivity index (χ0) is 18.4. The molecule has 1 amide bonds. The van der Waals surface area contributed by atoms with Crippen LogP contribution in [0.2, 0.25) is 0 Å². The molecule has 25 heavy (non-hydrogen) atoms. The number of nitrogens with two attached hydrogens (primary N) is 1. The summed E-state index contributed by atoms with van der Waals surface area (Å²) in [6.45, 7) is 2.28. The van der Waals surface area contributed by atoms with Crippen molar-refractivity contribution in [2.45, 2.75) is 26.4 Å². The van der Waals surface area contributed by atoms with Crippen molar-refractivity contribution in [3.8, 4) is 11.1 Å². The van der Waals surface area contributed by atoms with E-state index >= 15 is 0 Å². The van der Waals surface area contributed by atoms with Gasteiger partial charge in [0.25, 0.3) is 0 Å². The Morgan fingerprint density at radius 2 is 2.16 bits per heavy atom. The number of nitrogens with one attached hydrogen (secondary N) is 1. The predicted octanol–water partition coefficient (Wildman–Crippen LogP) is 0.522. The van der Waals surface area contributed by atoms with Crippen molar-refractivity contribution in [3.63, 3.8) is 0 Å². The molecular weight excluding hydrogens is 344 g/mol. The largest absolute Gasteiger partial charge is 0.326 e. The van der Waals surface area contributed by atoms with Gasteiger partial charge in [-0.05, 0) is 30.5 Å². The second-order valence-corrected chi connectivity index (χ2v) is 7.12. The third-order valence-corrected chi connectivity index (χ3v) is 5.11. The molecule has 0 aliphatic heterocycles. The molecule has 8 nitrogen and oxygen atoms in total. The predicted molar refractivity (Wildman–Crippen MR) is 93.4 cm³/mol. The van der Waals surface area contributed by atoms with Gasteiger partial charge in [-0.3, -0.25) is 14.7 Å². The number of rotatable bonds is 8. The normalized spacial score (nSPS) is 13.6. The van der Waals surface area contributed by atoms with Crippen molar-refractivity contribution in [1.29, 1.82) is 0 Å². The first-order valence-electron chi connectivity index (χ1n) is 7.76. The zero-order valence-electron chi connectivity index (χ0n) is 13.9. The molecule has 4 N–H and O–H groups in total. The van der Waals surface area contributed by atoms with E-state index in [2.05, 4.69) is 5.10 Å². The van der Waals surface area contributed by atoms with E-state index in [0.717, 1.165) is 16.7 Å². The molecule has 0 spiro atoms. The minimum Gasteiger partial charge on any atom is -0.326 e. The Labute approximate surface area is 147 Å². The van der Waals surface area contributed by atoms with E-state index in [1.165, 1.54) is 6.92 Å². The highest BCUT2D eigenvalue weighted by atomic mass is 32.2. The summed E-state index contributed by atoms with van der Waals surface area (Å²) >= 11 is 0. The first kappa shape index (κ1) is 19.1. The van der Waals surface area contributed by atoms with Crippen LogP contribution >= 0.6 is 0 Å². The number of carbonyl (C=O) groups is 1. The van der Waals surface area contributed by atoms with Gasteiger partial charge in [0.05, 0.1) is 17.4 Å². The summed E-state index contributed by atoms with van der Waals surface area (Å²) in [7, 11) is -2.76. The van der Waals surface area contributed by atoms with Crippen LogP contribution in [-0.4, -0.2) is 35.1 Å². The summed E-state index contributed by atoms with van der Waals surface area (Å²) in [6.07, 6.45) is 3.74. The van der Waals surface area contributed by atoms with Crippen molar-refractivity contribution in [3.05, 3.63) is 42.2 Å². The van der Waals surface area contributed by atoms with E-state index in [1.807, 2.05) is 30.5 Å². The van der Waals surface area contributed by atoms with Gasteiger partial charge in [0.1, 0.15) is 10.7 Å². The molecule has 0 bridgehead atoms. The highest BCUT2D eigenvalue weighted by Gasteiger charge is 2.34. The lowest BCUT2D eigenvalue weighted by Crippen LogP contribution is -2.41. The van der Waals surface area contributed by atoms with Gasteiger partial charge in [0.2, 0.25) is 5.91 Å². The number of nitrogens with zero attached hydrogens (tertiary/aromatic N) is 2. The number of benzene rings is 1. The summed E-state index contributed by atoms with van der Waals surface area (Å²) < 4.78 is 23.7. The molecule has 136 valence electrons. The van der Waals surface area contributed by atoms with Crippen LogP contribution in [0.4, 0.5) is 0 Å². The number of aromatic nitrogens is 2. The third kappa shape index (κ3) is 4.88. The molecule has 1 unspecified atom stereocenters. The minimum absolute atomic E-state index is 0.215. The quantitative estimate of drug-likeness (QED) is 0.306. The highest BCUT2D eigenvalue weighted by Crippen LogP contribution is 2.24. The number of hydrogen-bond donors (Lipinski definition) is 4. The molecule has 1 aromatic heterocycles. The summed E-state index contributed by atoms with van der Waals surface area (Å²) in [4.78, 5) is 11.8. The Morgan fingerprint density at radius 3 is 2.80 bits per heavy atom. The maximum atomic E-state index is 11.8. The molecule has 0 saturated carbocycles. The zero-order valence-corrected chi connectivity index (χ0v) is 14.8. The summed E-state index contributed by atoms with van der Waals surface area (Å²) in [6, 6.07) is 7.79. The smallest absolute Gasteiger partial charge is 0.250 e. The summed E-state index contributed by atoms with van der Waals surface area (Å²) in [5.74, 6) is -1.07. The van der Waals surface area contributed by atoms with Gasteiger partial charge >= 0.3 is 0 Å². The Morgan fingerprint density at radius 1 is 1.40 bits per heavy atom. The van der Waals surface area contributed by atoms with Gasteiger partial charge < -0.3 is 5.73 Å². The van der Waals surface area contributed by atoms with E-state index < -0.39 is 22.0 Å². The molecule has 2 aromatic rings. The van der Waals surface area contributed by atoms with Gasteiger partial charge in [-0.15, -0.1) is 0 Å². The monoisotopic (exact) mass is 366 g/mol. The number of amides is 1. The Bertz CT molecular complexity index is 810. The van der Waals surface area contributed by atoms with Gasteiger partial charge in [-0.2, -0.15) is 5.10 Å². The van der Waals surface area contributed by atoms with E-state index in [0.29, 0.717) is 13.1 Å². The number of thiol groups is 1. The van der Waals surface area contributed by atoms with Crippen LogP contribution in [0.5, 0.6) is 0 Å². The van der Waals surface area contributed by atoms with Crippen molar-refractivity contribution in [1.82, 2.24) is 15.3 Å². The molecule has 1 atom stereocenters. The van der Waals surface area contributed by atoms with Crippen LogP contribution < -0.4 is 11.2 Å². The van der Waals surface area contributed by atoms with E-state index in [9.17, 15) is 13.2 Å². The fourth-order valence-corrected chi connectivity index (χ4v) is 3.43. The number of hydroxylamine groups is 1. The second-order valence-electron chi connectivity index (χ2n) is 6.14. The summed E-state index contributed by atoms with van der Waals surface area (Å²) in [5, 5.41) is 13.1. The van der Waals surface area contributed by atoms with E-state index in [1.54, 1.807) is 16.4 Å². The van der Waals surface area contributed by atoms with Gasteiger partial charge in [0, 0.05) is 24.8 Å². The SMILES string of the molecule is CC(CCn1cc(-c2cccc(CN)c2)cn1)(C[SH](=O)=O)C(=O)NO. The van der Waals surface area contributed by atoms with Gasteiger partial charge in [0.15, 0.2) is 0 Å². The van der Waals surface area contributed by atoms with Crippen LogP contribution in [0.3, 0.4) is 0 Å². The molecule has 1 aromatic carbocycles. The fraction of sp³-hybridized carbons (Fsp3) is 0.375. The van der Waals surface area contributed by atoms with Crippen molar-refractivity contribution in [2.75, 3.05) is 5.75 Å². The molecule has 0 aliphatic carbocycles. The Kier molecular flexibility index (Phi) is 6.29. The van der Waals surface area contributed by atoms with E-state index in [-0.39, 0.29) is 12.2 Å². The van der Waals surface area contributed by atoms with Crippen LogP contribution in [0, 0.1) is 5.41 Å². The lowest BCUT2D eigenvalue weighted by Gasteiger charge is -2.24. The molecule has 2 rings (SSSR count). The van der Waals surface area contributed by atoms with Crippen molar-refractivity contribution < 1.29 is 18.4 Å². The molecular formula is C16H22N4O4S. The number of hydrogen-bond acceptors (Lipinski definition) is 6. The molecule has 0 aliphatic rings. The maximum Gasteiger partial charge on any atom is 0.250 e. The van der Waals surface area contributed by atoms with Gasteiger partial charge in [-0.1, -0.05) is 18.2 Å². The third-order valence-electron chi connectivity index (χ3n) is 4.15. The molecule has 0 radical (unpaired) electrons. The molecule has 9 heteroatoms. The van der Waals surface area contributed by atoms with Crippen molar-refractivity contribution >= 4 is 16.6 Å². The Hall–Kier alpha value is -2.23. The standard InChI is InChI=1S/C16H22N4O4S/c1-16(11-25(23)24,15(21)19-22)5-6-20-10-14(9-18-20)13-4-2-3-12(7-13)8-17/h2-4,7,9-10,22,25H,5-6,8,11,17H2,1H3,(H,19,21). The highest BCUT2D eigenvalue weighted by molar-refractivity contribution is 7.72. The number of aryl methyl sites for hydroxylation is 1. The summed E-state index contributed by atoms with van der Waals surface area (Å²) in [5.41, 5.74) is 8.86. The molecule has 0 saturated heterocycles. The first-order chi connectivity index (χ1) is 11.9. The number of carbonyl (C=O) groups excluding carboxylic acids is 1. The first-order valence-corrected chi connectivity index (χ1v) is 9.12. The fourth-order valence-electron chi connectivity index (χ4n) is 2.56. The minimum atomic E-state index is -2.76. The van der Waals surface area contributed by atoms with Gasteiger partial charge in [-0.25, -0.2) is 13.9 Å². The average molecular weight is 366 g/mol. The average Bonchev–Trinajstić information content (AvgIpc) is 3.08. The maximum absolute atomic E-state index is 11.8. The van der Waals surface area contributed by atoms with Crippen LogP contribution in [-0.2, 0) is 28.6 Å².